The molecule has 1 amide bonds. The maximum atomic E-state index is 13.4. The molecule has 3 heterocycles. The molecule has 0 saturated carbocycles. The molecule has 0 fully saturated rings. The molecule has 8 nitrogen and oxygen atoms in total. The molecule has 2 aromatic heterocycles. The molecule has 0 bridgehead atoms. The Kier molecular flexibility index (Phi) is 4.91. The number of benzene rings is 2. The molecule has 0 radical (unpaired) electrons. The highest BCUT2D eigenvalue weighted by Gasteiger charge is 2.36. The summed E-state index contributed by atoms with van der Waals surface area (Å²) in [4.78, 5) is 27.2. The van der Waals surface area contributed by atoms with Gasteiger partial charge in [0.05, 0.1) is 31.4 Å². The molecule has 0 saturated heterocycles. The molecule has 1 aliphatic rings. The number of halogens is 1. The number of ether oxygens (including phenoxy) is 1. The molecule has 156 valence electrons. The van der Waals surface area contributed by atoms with Gasteiger partial charge in [-0.1, -0.05) is 16.8 Å². The van der Waals surface area contributed by atoms with Crippen LogP contribution in [-0.4, -0.2) is 38.0 Å². The summed E-state index contributed by atoms with van der Waals surface area (Å²) in [5.74, 6) is 1.35. The van der Waals surface area contributed by atoms with Crippen LogP contribution in [0.2, 0.25) is 5.02 Å². The van der Waals surface area contributed by atoms with Gasteiger partial charge in [-0.25, -0.2) is 4.98 Å². The number of carbonyl (C=O) groups is 1. The van der Waals surface area contributed by atoms with E-state index in [4.69, 9.17) is 20.9 Å². The molecule has 4 aromatic rings. The maximum Gasteiger partial charge on any atom is 0.254 e. The number of methoxy groups -OCH3 is 1. The van der Waals surface area contributed by atoms with E-state index in [0.717, 1.165) is 17.0 Å². The fourth-order valence-electron chi connectivity index (χ4n) is 3.66. The number of carbonyl (C=O) groups excluding carboxylic acids is 1. The van der Waals surface area contributed by atoms with E-state index in [1.165, 1.54) is 0 Å². The summed E-state index contributed by atoms with van der Waals surface area (Å²) < 4.78 is 10.8. The summed E-state index contributed by atoms with van der Waals surface area (Å²) in [7, 11) is 1.59. The van der Waals surface area contributed by atoms with Crippen molar-refractivity contribution < 1.29 is 14.1 Å². The Morgan fingerprint density at radius 1 is 1.19 bits per heavy atom. The Morgan fingerprint density at radius 2 is 1.97 bits per heavy atom. The van der Waals surface area contributed by atoms with Gasteiger partial charge in [0.2, 0.25) is 11.7 Å². The number of nitrogens with zero attached hydrogens (tertiary/aromatic N) is 4. The third-order valence-corrected chi connectivity index (χ3v) is 5.58. The van der Waals surface area contributed by atoms with E-state index < -0.39 is 6.04 Å². The molecular weight excluding hydrogens is 418 g/mol. The van der Waals surface area contributed by atoms with Gasteiger partial charge >= 0.3 is 0 Å². The van der Waals surface area contributed by atoms with E-state index in [1.54, 1.807) is 54.7 Å². The minimum absolute atomic E-state index is 0.140. The highest BCUT2D eigenvalue weighted by molar-refractivity contribution is 6.30. The van der Waals surface area contributed by atoms with Crippen LogP contribution in [0.15, 0.2) is 59.4 Å². The first-order chi connectivity index (χ1) is 15.1. The summed E-state index contributed by atoms with van der Waals surface area (Å²) in [5, 5.41) is 4.74. The standard InChI is InChI=1S/C22H18ClN5O3/c1-30-16-8-4-14(5-9-16)22(29)28-11-18-17(24-12-25-18)10-19(28)21-26-20(27-31-21)13-2-6-15(23)7-3-13/h2-9,12,19H,10-11H2,1H3,(H,24,25)/t19-/m0/s1. The second-order valence-electron chi connectivity index (χ2n) is 7.17. The number of H-pyrrole nitrogens is 1. The monoisotopic (exact) mass is 435 g/mol. The van der Waals surface area contributed by atoms with Gasteiger partial charge in [0.25, 0.3) is 5.91 Å². The number of fused-ring (bicyclic) bond motifs is 1. The summed E-state index contributed by atoms with van der Waals surface area (Å²) in [6.45, 7) is 0.365. The molecule has 1 atom stereocenters. The largest absolute Gasteiger partial charge is 0.497 e. The Balaban J connectivity index is 1.49. The van der Waals surface area contributed by atoms with E-state index in [2.05, 4.69) is 20.1 Å². The van der Waals surface area contributed by atoms with Gasteiger partial charge in [0.15, 0.2) is 0 Å². The Hall–Kier alpha value is -3.65. The molecule has 2 aromatic carbocycles. The van der Waals surface area contributed by atoms with Crippen LogP contribution in [0.1, 0.15) is 33.7 Å². The lowest BCUT2D eigenvalue weighted by Gasteiger charge is -2.32. The van der Waals surface area contributed by atoms with Gasteiger partial charge in [-0.05, 0) is 48.5 Å². The number of aromatic amines is 1. The van der Waals surface area contributed by atoms with Crippen LogP contribution in [0.4, 0.5) is 0 Å². The van der Waals surface area contributed by atoms with Crippen LogP contribution in [0.5, 0.6) is 5.75 Å². The molecule has 0 aliphatic carbocycles. The fraction of sp³-hybridized carbons (Fsp3) is 0.182. The lowest BCUT2D eigenvalue weighted by molar-refractivity contribution is 0.0589. The molecule has 5 rings (SSSR count). The molecule has 31 heavy (non-hydrogen) atoms. The molecule has 9 heteroatoms. The van der Waals surface area contributed by atoms with Crippen molar-refractivity contribution in [2.75, 3.05) is 7.11 Å². The van der Waals surface area contributed by atoms with E-state index in [9.17, 15) is 4.79 Å². The van der Waals surface area contributed by atoms with Crippen molar-refractivity contribution in [1.82, 2.24) is 25.0 Å². The summed E-state index contributed by atoms with van der Waals surface area (Å²) in [6, 6.07) is 13.8. The summed E-state index contributed by atoms with van der Waals surface area (Å²) >= 11 is 5.97. The number of nitrogens with one attached hydrogen (secondary N) is 1. The van der Waals surface area contributed by atoms with E-state index in [-0.39, 0.29) is 5.91 Å². The average molecular weight is 436 g/mol. The van der Waals surface area contributed by atoms with Crippen LogP contribution in [0.3, 0.4) is 0 Å². The molecule has 1 aliphatic heterocycles. The minimum atomic E-state index is -0.432. The first-order valence-electron chi connectivity index (χ1n) is 9.68. The highest BCUT2D eigenvalue weighted by atomic mass is 35.5. The number of imidazole rings is 1. The fourth-order valence-corrected chi connectivity index (χ4v) is 3.78. The molecule has 1 N–H and O–H groups in total. The van der Waals surface area contributed by atoms with Crippen LogP contribution in [-0.2, 0) is 13.0 Å². The first-order valence-corrected chi connectivity index (χ1v) is 10.1. The van der Waals surface area contributed by atoms with Gasteiger partial charge in [-0.2, -0.15) is 4.98 Å². The lowest BCUT2D eigenvalue weighted by Crippen LogP contribution is -2.39. The first kappa shape index (κ1) is 19.3. The Labute approximate surface area is 182 Å². The average Bonchev–Trinajstić information content (AvgIpc) is 3.47. The molecule has 0 unspecified atom stereocenters. The van der Waals surface area contributed by atoms with Crippen LogP contribution in [0.25, 0.3) is 11.4 Å². The smallest absolute Gasteiger partial charge is 0.254 e. The summed E-state index contributed by atoms with van der Waals surface area (Å²) in [5.41, 5.74) is 3.11. The van der Waals surface area contributed by atoms with Crippen molar-refractivity contribution in [1.29, 1.82) is 0 Å². The van der Waals surface area contributed by atoms with Gasteiger partial charge in [-0.3, -0.25) is 4.79 Å². The predicted molar refractivity (Wildman–Crippen MR) is 113 cm³/mol. The minimum Gasteiger partial charge on any atom is -0.497 e. The highest BCUT2D eigenvalue weighted by Crippen LogP contribution is 2.33. The van der Waals surface area contributed by atoms with Crippen molar-refractivity contribution in [3.8, 4) is 17.1 Å². The maximum absolute atomic E-state index is 13.4. The number of rotatable bonds is 4. The third-order valence-electron chi connectivity index (χ3n) is 5.33. The van der Waals surface area contributed by atoms with E-state index in [1.807, 2.05) is 12.1 Å². The predicted octanol–water partition coefficient (Wildman–Crippen LogP) is 4.06. The zero-order valence-corrected chi connectivity index (χ0v) is 17.3. The van der Waals surface area contributed by atoms with Crippen molar-refractivity contribution in [3.05, 3.63) is 82.7 Å². The van der Waals surface area contributed by atoms with Gasteiger partial charge in [0, 0.05) is 22.6 Å². The summed E-state index contributed by atoms with van der Waals surface area (Å²) in [6.07, 6.45) is 2.11. The second-order valence-corrected chi connectivity index (χ2v) is 7.61. The number of hydrogen-bond acceptors (Lipinski definition) is 6. The Bertz CT molecular complexity index is 1220. The van der Waals surface area contributed by atoms with Crippen LogP contribution >= 0.6 is 11.6 Å². The van der Waals surface area contributed by atoms with Gasteiger partial charge < -0.3 is 19.1 Å². The zero-order valence-electron chi connectivity index (χ0n) is 16.6. The second kappa shape index (κ2) is 7.88. The van der Waals surface area contributed by atoms with Crippen molar-refractivity contribution >= 4 is 17.5 Å². The number of hydrogen-bond donors (Lipinski definition) is 1. The zero-order chi connectivity index (χ0) is 21.4. The lowest BCUT2D eigenvalue weighted by atomic mass is 10.0. The van der Waals surface area contributed by atoms with Crippen LogP contribution in [0, 0.1) is 0 Å². The van der Waals surface area contributed by atoms with Gasteiger partial charge in [0.1, 0.15) is 11.8 Å². The normalized spacial score (nSPS) is 15.5. The van der Waals surface area contributed by atoms with Crippen molar-refractivity contribution in [2.24, 2.45) is 0 Å². The number of aromatic nitrogens is 4. The van der Waals surface area contributed by atoms with Crippen molar-refractivity contribution in [2.45, 2.75) is 19.0 Å². The van der Waals surface area contributed by atoms with Gasteiger partial charge in [-0.15, -0.1) is 0 Å². The number of amides is 1. The topological polar surface area (TPSA) is 97.1 Å². The SMILES string of the molecule is COc1ccc(C(=O)N2Cc3[nH]cnc3C[C@H]2c2nc(-c3ccc(Cl)cc3)no2)cc1. The third kappa shape index (κ3) is 3.66. The van der Waals surface area contributed by atoms with Crippen LogP contribution < -0.4 is 4.74 Å². The van der Waals surface area contributed by atoms with Crippen molar-refractivity contribution in [3.63, 3.8) is 0 Å². The Morgan fingerprint density at radius 3 is 2.71 bits per heavy atom. The molecular formula is C22H18ClN5O3. The quantitative estimate of drug-likeness (QED) is 0.519. The molecule has 0 spiro atoms. The van der Waals surface area contributed by atoms with E-state index >= 15 is 0 Å². The van der Waals surface area contributed by atoms with E-state index in [0.29, 0.717) is 41.0 Å².